The lowest BCUT2D eigenvalue weighted by Gasteiger charge is -2.24. The summed E-state index contributed by atoms with van der Waals surface area (Å²) in [7, 11) is 0. The molecule has 0 saturated carbocycles. The number of hydrogen-bond donors (Lipinski definition) is 0. The van der Waals surface area contributed by atoms with E-state index in [4.69, 9.17) is 23.7 Å². The van der Waals surface area contributed by atoms with E-state index in [0.717, 1.165) is 5.69 Å². The second-order valence-electron chi connectivity index (χ2n) is 7.03. The topological polar surface area (TPSA) is 136 Å². The van der Waals surface area contributed by atoms with Crippen molar-refractivity contribution in [1.29, 1.82) is 0 Å². The molecule has 0 aromatic heterocycles. The summed E-state index contributed by atoms with van der Waals surface area (Å²) in [5.41, 5.74) is 1.03. The Labute approximate surface area is 210 Å². The van der Waals surface area contributed by atoms with Crippen LogP contribution in [0.3, 0.4) is 0 Å². The SMILES string of the molecule is O=COCCC(=O)OCCOCCOCCN(CCOCCOC(=O)CCOC=O)c1ccccc1. The van der Waals surface area contributed by atoms with Crippen molar-refractivity contribution < 1.29 is 52.3 Å². The fourth-order valence-electron chi connectivity index (χ4n) is 2.74. The summed E-state index contributed by atoms with van der Waals surface area (Å²) in [6.07, 6.45) is 0.0236. The molecule has 0 N–H and O–H groups in total. The molecular formula is C24H35NO11. The van der Waals surface area contributed by atoms with Crippen molar-refractivity contribution in [3.8, 4) is 0 Å². The van der Waals surface area contributed by atoms with Gasteiger partial charge in [-0.3, -0.25) is 19.2 Å². The van der Waals surface area contributed by atoms with E-state index >= 15 is 0 Å². The van der Waals surface area contributed by atoms with Gasteiger partial charge in [0.1, 0.15) is 26.4 Å². The van der Waals surface area contributed by atoms with Crippen LogP contribution in [0.5, 0.6) is 0 Å². The van der Waals surface area contributed by atoms with Gasteiger partial charge in [0.05, 0.1) is 52.5 Å². The van der Waals surface area contributed by atoms with Crippen LogP contribution in [0.15, 0.2) is 30.3 Å². The number of benzene rings is 1. The highest BCUT2D eigenvalue weighted by Gasteiger charge is 2.07. The minimum Gasteiger partial charge on any atom is -0.467 e. The molecule has 0 aliphatic carbocycles. The van der Waals surface area contributed by atoms with E-state index in [1.165, 1.54) is 0 Å². The number of carbonyl (C=O) groups excluding carboxylic acids is 4. The first kappa shape index (κ1) is 30.8. The molecule has 1 aromatic rings. The number of esters is 2. The number of para-hydroxylation sites is 1. The Kier molecular flexibility index (Phi) is 19.0. The molecule has 1 aromatic carbocycles. The average molecular weight is 514 g/mol. The summed E-state index contributed by atoms with van der Waals surface area (Å²) in [5.74, 6) is -0.904. The third kappa shape index (κ3) is 17.2. The quantitative estimate of drug-likeness (QED) is 0.0835. The van der Waals surface area contributed by atoms with Gasteiger partial charge in [0.25, 0.3) is 12.9 Å². The largest absolute Gasteiger partial charge is 0.467 e. The van der Waals surface area contributed by atoms with Crippen LogP contribution in [-0.4, -0.2) is 104 Å². The van der Waals surface area contributed by atoms with Crippen LogP contribution < -0.4 is 4.90 Å². The molecule has 0 bridgehead atoms. The fraction of sp³-hybridized carbons (Fsp3) is 0.583. The van der Waals surface area contributed by atoms with Crippen LogP contribution in [-0.2, 0) is 52.3 Å². The Bertz CT molecular complexity index is 717. The van der Waals surface area contributed by atoms with Crippen LogP contribution in [0.2, 0.25) is 0 Å². The molecule has 12 heteroatoms. The number of nitrogens with zero attached hydrogens (tertiary/aromatic N) is 1. The highest BCUT2D eigenvalue weighted by atomic mass is 16.6. The second-order valence-corrected chi connectivity index (χ2v) is 7.03. The molecule has 0 fully saturated rings. The number of carbonyl (C=O) groups is 4. The lowest BCUT2D eigenvalue weighted by Crippen LogP contribution is -2.31. The van der Waals surface area contributed by atoms with Crippen LogP contribution in [0.4, 0.5) is 5.69 Å². The molecule has 0 aliphatic heterocycles. The van der Waals surface area contributed by atoms with Crippen molar-refractivity contribution >= 4 is 30.6 Å². The van der Waals surface area contributed by atoms with Crippen molar-refractivity contribution in [2.75, 3.05) is 84.1 Å². The van der Waals surface area contributed by atoms with E-state index in [9.17, 15) is 19.2 Å². The average Bonchev–Trinajstić information content (AvgIpc) is 2.89. The summed E-state index contributed by atoms with van der Waals surface area (Å²) >= 11 is 0. The Balaban J connectivity index is 2.13. The standard InChI is InChI=1S/C24H35NO11/c26-20-33-10-6-23(28)35-18-16-31-13-9-25(22-4-2-1-3-5-22)8-12-30-14-15-32-17-19-36-24(29)7-11-34-21-27/h1-5,20-21H,6-19H2. The maximum atomic E-state index is 11.4. The summed E-state index contributed by atoms with van der Waals surface area (Å²) < 4.78 is 35.4. The molecule has 36 heavy (non-hydrogen) atoms. The van der Waals surface area contributed by atoms with Gasteiger partial charge >= 0.3 is 11.9 Å². The molecule has 0 unspecified atom stereocenters. The molecule has 12 nitrogen and oxygen atoms in total. The van der Waals surface area contributed by atoms with Crippen molar-refractivity contribution in [2.45, 2.75) is 12.8 Å². The molecule has 0 atom stereocenters. The first-order chi connectivity index (χ1) is 17.7. The van der Waals surface area contributed by atoms with Crippen LogP contribution in [0.25, 0.3) is 0 Å². The molecule has 0 spiro atoms. The zero-order valence-corrected chi connectivity index (χ0v) is 20.4. The van der Waals surface area contributed by atoms with Crippen molar-refractivity contribution in [3.05, 3.63) is 30.3 Å². The smallest absolute Gasteiger partial charge is 0.309 e. The third-order valence-electron chi connectivity index (χ3n) is 4.47. The Morgan fingerprint density at radius 1 is 0.611 bits per heavy atom. The van der Waals surface area contributed by atoms with Gasteiger partial charge in [0.15, 0.2) is 0 Å². The highest BCUT2D eigenvalue weighted by molar-refractivity contribution is 5.69. The van der Waals surface area contributed by atoms with E-state index in [1.54, 1.807) is 0 Å². The van der Waals surface area contributed by atoms with E-state index in [0.29, 0.717) is 39.5 Å². The van der Waals surface area contributed by atoms with E-state index in [-0.39, 0.29) is 65.4 Å². The first-order valence-corrected chi connectivity index (χ1v) is 11.6. The van der Waals surface area contributed by atoms with Gasteiger partial charge < -0.3 is 38.1 Å². The Morgan fingerprint density at radius 2 is 1.06 bits per heavy atom. The molecule has 0 aliphatic rings. The molecular weight excluding hydrogens is 478 g/mol. The first-order valence-electron chi connectivity index (χ1n) is 11.6. The minimum atomic E-state index is -0.455. The van der Waals surface area contributed by atoms with Crippen LogP contribution in [0.1, 0.15) is 12.8 Å². The van der Waals surface area contributed by atoms with Crippen LogP contribution >= 0.6 is 0 Å². The van der Waals surface area contributed by atoms with Gasteiger partial charge in [-0.1, -0.05) is 18.2 Å². The van der Waals surface area contributed by atoms with Gasteiger partial charge in [0.2, 0.25) is 0 Å². The summed E-state index contributed by atoms with van der Waals surface area (Å²) in [6.45, 7) is 4.25. The lowest BCUT2D eigenvalue weighted by atomic mass is 10.3. The number of hydrogen-bond acceptors (Lipinski definition) is 12. The predicted molar refractivity (Wildman–Crippen MR) is 126 cm³/mol. The van der Waals surface area contributed by atoms with Crippen molar-refractivity contribution in [3.63, 3.8) is 0 Å². The maximum absolute atomic E-state index is 11.4. The van der Waals surface area contributed by atoms with Crippen molar-refractivity contribution in [2.24, 2.45) is 0 Å². The number of anilines is 1. The monoisotopic (exact) mass is 513 g/mol. The predicted octanol–water partition coefficient (Wildman–Crippen LogP) is 0.755. The summed E-state index contributed by atoms with van der Waals surface area (Å²) in [5, 5.41) is 0. The molecule has 1 rings (SSSR count). The molecule has 0 heterocycles. The van der Waals surface area contributed by atoms with Crippen LogP contribution in [0, 0.1) is 0 Å². The minimum absolute atomic E-state index is 0.000705. The maximum Gasteiger partial charge on any atom is 0.309 e. The van der Waals surface area contributed by atoms with Gasteiger partial charge in [0, 0.05) is 18.8 Å². The zero-order valence-electron chi connectivity index (χ0n) is 20.4. The zero-order chi connectivity index (χ0) is 26.1. The van der Waals surface area contributed by atoms with Gasteiger partial charge in [-0.2, -0.15) is 0 Å². The van der Waals surface area contributed by atoms with E-state index in [1.807, 2.05) is 30.3 Å². The molecule has 0 saturated heterocycles. The fourth-order valence-corrected chi connectivity index (χ4v) is 2.74. The normalized spacial score (nSPS) is 10.3. The molecule has 202 valence electrons. The highest BCUT2D eigenvalue weighted by Crippen LogP contribution is 2.12. The number of ether oxygens (including phenoxy) is 7. The Hall–Kier alpha value is -3.22. The van der Waals surface area contributed by atoms with E-state index in [2.05, 4.69) is 14.4 Å². The number of rotatable bonds is 24. The summed E-state index contributed by atoms with van der Waals surface area (Å²) in [6, 6.07) is 9.84. The lowest BCUT2D eigenvalue weighted by molar-refractivity contribution is -0.148. The van der Waals surface area contributed by atoms with Gasteiger partial charge in [-0.05, 0) is 12.1 Å². The second kappa shape index (κ2) is 22.3. The van der Waals surface area contributed by atoms with E-state index < -0.39 is 11.9 Å². The van der Waals surface area contributed by atoms with Gasteiger partial charge in [-0.25, -0.2) is 0 Å². The molecule has 0 amide bonds. The van der Waals surface area contributed by atoms with Crippen molar-refractivity contribution in [1.82, 2.24) is 0 Å². The summed E-state index contributed by atoms with van der Waals surface area (Å²) in [4.78, 5) is 44.9. The third-order valence-corrected chi connectivity index (χ3v) is 4.47. The molecule has 0 radical (unpaired) electrons. The Morgan fingerprint density at radius 3 is 1.53 bits per heavy atom. The van der Waals surface area contributed by atoms with Gasteiger partial charge in [-0.15, -0.1) is 0 Å².